The summed E-state index contributed by atoms with van der Waals surface area (Å²) in [6, 6.07) is -1.34. The predicted octanol–water partition coefficient (Wildman–Crippen LogP) is 0.984. The minimum Gasteiger partial charge on any atom is -0.396 e. The molecule has 118 valence electrons. The molecule has 5 N–H and O–H groups in total. The zero-order valence-electron chi connectivity index (χ0n) is 13.0. The Bertz CT molecular complexity index is 309. The maximum atomic E-state index is 12.2. The lowest BCUT2D eigenvalue weighted by molar-refractivity contribution is -0.124. The van der Waals surface area contributed by atoms with Crippen LogP contribution >= 0.6 is 0 Å². The van der Waals surface area contributed by atoms with Crippen molar-refractivity contribution in [2.24, 2.45) is 17.1 Å². The van der Waals surface area contributed by atoms with Crippen molar-refractivity contribution < 1.29 is 14.7 Å². The second-order valence-electron chi connectivity index (χ2n) is 5.45. The van der Waals surface area contributed by atoms with E-state index in [1.807, 2.05) is 27.7 Å². The molecule has 20 heavy (non-hydrogen) atoms. The van der Waals surface area contributed by atoms with Crippen molar-refractivity contribution in [1.29, 1.82) is 0 Å². The predicted molar refractivity (Wildman–Crippen MR) is 79.1 cm³/mol. The van der Waals surface area contributed by atoms with Gasteiger partial charge in [-0.2, -0.15) is 0 Å². The number of hydrogen-bond acceptors (Lipinski definition) is 3. The zero-order chi connectivity index (χ0) is 15.8. The number of rotatable bonds is 9. The normalized spacial score (nSPS) is 14.4. The third-order valence-corrected chi connectivity index (χ3v) is 4.27. The first kappa shape index (κ1) is 18.7. The number of urea groups is 1. The Morgan fingerprint density at radius 3 is 2.15 bits per heavy atom. The molecule has 0 aliphatic heterocycles. The number of amides is 3. The van der Waals surface area contributed by atoms with Gasteiger partial charge in [-0.1, -0.05) is 34.1 Å². The van der Waals surface area contributed by atoms with Crippen molar-refractivity contribution in [1.82, 2.24) is 10.6 Å². The van der Waals surface area contributed by atoms with Crippen LogP contribution in [-0.4, -0.2) is 36.2 Å². The number of nitrogens with one attached hydrogen (secondary N) is 2. The van der Waals surface area contributed by atoms with Gasteiger partial charge >= 0.3 is 6.03 Å². The lowest BCUT2D eigenvalue weighted by Gasteiger charge is -2.31. The molecule has 0 aromatic heterocycles. The highest BCUT2D eigenvalue weighted by Gasteiger charge is 2.29. The number of carbonyl (C=O) groups excluding carboxylic acids is 2. The quantitative estimate of drug-likeness (QED) is 0.508. The van der Waals surface area contributed by atoms with E-state index in [1.54, 1.807) is 0 Å². The summed E-state index contributed by atoms with van der Waals surface area (Å²) >= 11 is 0. The van der Waals surface area contributed by atoms with Crippen LogP contribution in [0.5, 0.6) is 0 Å². The van der Waals surface area contributed by atoms with Crippen LogP contribution in [0.1, 0.15) is 47.0 Å². The second kappa shape index (κ2) is 8.79. The van der Waals surface area contributed by atoms with Crippen molar-refractivity contribution >= 4 is 11.9 Å². The van der Waals surface area contributed by atoms with Crippen molar-refractivity contribution in [3.05, 3.63) is 0 Å². The number of nitrogens with two attached hydrogens (primary N) is 1. The molecule has 6 nitrogen and oxygen atoms in total. The van der Waals surface area contributed by atoms with Gasteiger partial charge in [-0.3, -0.25) is 4.79 Å². The van der Waals surface area contributed by atoms with E-state index in [0.717, 1.165) is 19.3 Å². The van der Waals surface area contributed by atoms with Gasteiger partial charge in [0.2, 0.25) is 5.91 Å². The maximum Gasteiger partial charge on any atom is 0.312 e. The first-order chi connectivity index (χ1) is 9.35. The van der Waals surface area contributed by atoms with Gasteiger partial charge in [-0.25, -0.2) is 4.79 Å². The monoisotopic (exact) mass is 287 g/mol. The summed E-state index contributed by atoms with van der Waals surface area (Å²) < 4.78 is 0. The number of carbonyl (C=O) groups is 2. The molecule has 6 heteroatoms. The summed E-state index contributed by atoms with van der Waals surface area (Å²) in [6.45, 7) is 8.22. The van der Waals surface area contributed by atoms with Crippen molar-refractivity contribution in [2.75, 3.05) is 13.2 Å². The van der Waals surface area contributed by atoms with E-state index in [9.17, 15) is 14.7 Å². The smallest absolute Gasteiger partial charge is 0.312 e. The van der Waals surface area contributed by atoms with Gasteiger partial charge in [0, 0.05) is 12.0 Å². The molecule has 0 saturated carbocycles. The third-order valence-electron chi connectivity index (χ3n) is 4.27. The molecule has 0 saturated heterocycles. The topological polar surface area (TPSA) is 104 Å². The lowest BCUT2D eigenvalue weighted by Crippen LogP contribution is -2.53. The summed E-state index contributed by atoms with van der Waals surface area (Å²) in [7, 11) is 0. The Labute approximate surface area is 121 Å². The van der Waals surface area contributed by atoms with Gasteiger partial charge in [-0.15, -0.1) is 0 Å². The Hall–Kier alpha value is -1.30. The fourth-order valence-corrected chi connectivity index (χ4v) is 2.02. The SMILES string of the molecule is CCC(C)C(NC(N)=O)C(=O)NCC(CC)(CC)CO. The van der Waals surface area contributed by atoms with Crippen LogP contribution in [0.2, 0.25) is 0 Å². The van der Waals surface area contributed by atoms with Gasteiger partial charge in [0.15, 0.2) is 0 Å². The van der Waals surface area contributed by atoms with Gasteiger partial charge in [-0.05, 0) is 18.8 Å². The fraction of sp³-hybridized carbons (Fsp3) is 0.857. The Morgan fingerprint density at radius 2 is 1.80 bits per heavy atom. The van der Waals surface area contributed by atoms with Crippen molar-refractivity contribution in [2.45, 2.75) is 53.0 Å². The maximum absolute atomic E-state index is 12.2. The van der Waals surface area contributed by atoms with E-state index in [-0.39, 0.29) is 23.8 Å². The average molecular weight is 287 g/mol. The molecule has 0 fully saturated rings. The summed E-state index contributed by atoms with van der Waals surface area (Å²) in [4.78, 5) is 23.2. The molecule has 2 unspecified atom stereocenters. The summed E-state index contributed by atoms with van der Waals surface area (Å²) in [6.07, 6.45) is 2.31. The van der Waals surface area contributed by atoms with Crippen LogP contribution in [0.4, 0.5) is 4.79 Å². The first-order valence-electron chi connectivity index (χ1n) is 7.30. The van der Waals surface area contributed by atoms with Crippen LogP contribution in [0, 0.1) is 11.3 Å². The van der Waals surface area contributed by atoms with E-state index in [4.69, 9.17) is 5.73 Å². The molecule has 0 radical (unpaired) electrons. The van der Waals surface area contributed by atoms with Crippen LogP contribution in [-0.2, 0) is 4.79 Å². The highest BCUT2D eigenvalue weighted by Crippen LogP contribution is 2.24. The molecule has 0 aliphatic rings. The molecule has 0 aliphatic carbocycles. The molecule has 0 rings (SSSR count). The molecule has 2 atom stereocenters. The standard InChI is InChI=1S/C14H29N3O3/c1-5-10(4)11(17-13(15)20)12(19)16-8-14(6-2,7-3)9-18/h10-11,18H,5-9H2,1-4H3,(H,16,19)(H3,15,17,20). The molecule has 0 aromatic rings. The minimum atomic E-state index is -0.704. The minimum absolute atomic E-state index is 0.00530. The molecular weight excluding hydrogens is 258 g/mol. The summed E-state index contributed by atoms with van der Waals surface area (Å²) in [5, 5.41) is 14.8. The van der Waals surface area contributed by atoms with E-state index in [0.29, 0.717) is 6.54 Å². The van der Waals surface area contributed by atoms with Crippen molar-refractivity contribution in [3.8, 4) is 0 Å². The largest absolute Gasteiger partial charge is 0.396 e. The fourth-order valence-electron chi connectivity index (χ4n) is 2.02. The lowest BCUT2D eigenvalue weighted by atomic mass is 9.83. The van der Waals surface area contributed by atoms with E-state index in [1.165, 1.54) is 0 Å². The van der Waals surface area contributed by atoms with Gasteiger partial charge in [0.25, 0.3) is 0 Å². The van der Waals surface area contributed by atoms with Crippen molar-refractivity contribution in [3.63, 3.8) is 0 Å². The number of aliphatic hydroxyl groups excluding tert-OH is 1. The van der Waals surface area contributed by atoms with Gasteiger partial charge < -0.3 is 21.5 Å². The average Bonchev–Trinajstić information content (AvgIpc) is 2.45. The zero-order valence-corrected chi connectivity index (χ0v) is 13.0. The third kappa shape index (κ3) is 5.36. The molecule has 0 aromatic carbocycles. The first-order valence-corrected chi connectivity index (χ1v) is 7.30. The number of aliphatic hydroxyl groups is 1. The molecule has 0 bridgehead atoms. The Kier molecular flexibility index (Phi) is 8.22. The highest BCUT2D eigenvalue weighted by molar-refractivity contribution is 5.86. The van der Waals surface area contributed by atoms with Crippen LogP contribution in [0.25, 0.3) is 0 Å². The highest BCUT2D eigenvalue weighted by atomic mass is 16.3. The second-order valence-corrected chi connectivity index (χ2v) is 5.45. The Morgan fingerprint density at radius 1 is 1.25 bits per heavy atom. The summed E-state index contributed by atoms with van der Waals surface area (Å²) in [5.74, 6) is -0.257. The Balaban J connectivity index is 4.71. The molecule has 3 amide bonds. The summed E-state index contributed by atoms with van der Waals surface area (Å²) in [5.41, 5.74) is 4.81. The van der Waals surface area contributed by atoms with E-state index >= 15 is 0 Å². The van der Waals surface area contributed by atoms with Gasteiger partial charge in [0.1, 0.15) is 6.04 Å². The van der Waals surface area contributed by atoms with Gasteiger partial charge in [0.05, 0.1) is 6.61 Å². The van der Waals surface area contributed by atoms with E-state index < -0.39 is 12.1 Å². The molecule has 0 spiro atoms. The van der Waals surface area contributed by atoms with Crippen LogP contribution in [0.3, 0.4) is 0 Å². The number of hydrogen-bond donors (Lipinski definition) is 4. The van der Waals surface area contributed by atoms with E-state index in [2.05, 4.69) is 10.6 Å². The molecular formula is C14H29N3O3. The molecule has 0 heterocycles. The number of primary amides is 1. The van der Waals surface area contributed by atoms with Crippen LogP contribution < -0.4 is 16.4 Å². The van der Waals surface area contributed by atoms with Crippen LogP contribution in [0.15, 0.2) is 0 Å².